The predicted octanol–water partition coefficient (Wildman–Crippen LogP) is 4.81. The van der Waals surface area contributed by atoms with Crippen LogP contribution < -0.4 is 0 Å². The van der Waals surface area contributed by atoms with E-state index in [1.165, 1.54) is 45.6 Å². The van der Waals surface area contributed by atoms with E-state index in [9.17, 15) is 9.59 Å². The zero-order valence-corrected chi connectivity index (χ0v) is 16.5. The molecular weight excluding hydrogens is 320 g/mol. The fourth-order valence-corrected chi connectivity index (χ4v) is 2.45. The molecule has 0 bridgehead atoms. The maximum atomic E-state index is 11.7. The predicted molar refractivity (Wildman–Crippen MR) is 99.5 cm³/mol. The average Bonchev–Trinajstić information content (AvgIpc) is 2.61. The first-order valence-corrected chi connectivity index (χ1v) is 9.98. The molecule has 0 rings (SSSR count). The summed E-state index contributed by atoms with van der Waals surface area (Å²) < 4.78 is 15.6. The third kappa shape index (κ3) is 16.1. The summed E-state index contributed by atoms with van der Waals surface area (Å²) in [4.78, 5) is 23.4. The van der Waals surface area contributed by atoms with E-state index in [4.69, 9.17) is 14.2 Å². The second-order valence-electron chi connectivity index (χ2n) is 6.55. The SMILES string of the molecule is CCCCCCCC(=O)OCC(COC(=O)CCCCCCC)OC. The number of esters is 2. The molecule has 0 aliphatic heterocycles. The zero-order valence-electron chi connectivity index (χ0n) is 16.5. The van der Waals surface area contributed by atoms with Crippen molar-refractivity contribution in [3.05, 3.63) is 0 Å². The highest BCUT2D eigenvalue weighted by Gasteiger charge is 2.14. The molecule has 0 heterocycles. The lowest BCUT2D eigenvalue weighted by Gasteiger charge is -2.15. The van der Waals surface area contributed by atoms with Crippen LogP contribution in [0, 0.1) is 0 Å². The first-order chi connectivity index (χ1) is 12.1. The van der Waals surface area contributed by atoms with Crippen LogP contribution in [0.2, 0.25) is 0 Å². The van der Waals surface area contributed by atoms with Gasteiger partial charge in [0.15, 0.2) is 0 Å². The first-order valence-electron chi connectivity index (χ1n) is 9.98. The normalized spacial score (nSPS) is 10.9. The Kier molecular flexibility index (Phi) is 16.9. The number of carbonyl (C=O) groups excluding carboxylic acids is 2. The summed E-state index contributed by atoms with van der Waals surface area (Å²) >= 11 is 0. The van der Waals surface area contributed by atoms with E-state index in [-0.39, 0.29) is 25.2 Å². The van der Waals surface area contributed by atoms with Gasteiger partial charge in [-0.25, -0.2) is 0 Å². The van der Waals surface area contributed by atoms with Crippen LogP contribution >= 0.6 is 0 Å². The summed E-state index contributed by atoms with van der Waals surface area (Å²) in [5.41, 5.74) is 0. The van der Waals surface area contributed by atoms with Crippen LogP contribution in [0.15, 0.2) is 0 Å². The van der Waals surface area contributed by atoms with E-state index in [2.05, 4.69) is 13.8 Å². The Balaban J connectivity index is 3.69. The van der Waals surface area contributed by atoms with Gasteiger partial charge in [-0.05, 0) is 12.8 Å². The van der Waals surface area contributed by atoms with Crippen LogP contribution in [0.3, 0.4) is 0 Å². The Labute approximate surface area is 153 Å². The standard InChI is InChI=1S/C20H38O5/c1-4-6-8-10-12-14-19(21)24-16-18(23-3)17-25-20(22)15-13-11-9-7-5-2/h18H,4-17H2,1-3H3. The van der Waals surface area contributed by atoms with E-state index in [0.29, 0.717) is 12.8 Å². The molecule has 0 spiro atoms. The number of rotatable bonds is 17. The maximum absolute atomic E-state index is 11.7. The minimum Gasteiger partial charge on any atom is -0.463 e. The van der Waals surface area contributed by atoms with Gasteiger partial charge in [-0.3, -0.25) is 9.59 Å². The largest absolute Gasteiger partial charge is 0.463 e. The molecule has 25 heavy (non-hydrogen) atoms. The molecule has 5 heteroatoms. The number of unbranched alkanes of at least 4 members (excludes halogenated alkanes) is 8. The summed E-state index contributed by atoms with van der Waals surface area (Å²) in [6.07, 6.45) is 11.5. The minimum atomic E-state index is -0.395. The molecule has 5 nitrogen and oxygen atoms in total. The summed E-state index contributed by atoms with van der Waals surface area (Å²) in [6, 6.07) is 0. The van der Waals surface area contributed by atoms with Crippen molar-refractivity contribution in [1.82, 2.24) is 0 Å². The molecule has 0 unspecified atom stereocenters. The molecule has 0 aromatic heterocycles. The van der Waals surface area contributed by atoms with Crippen molar-refractivity contribution >= 4 is 11.9 Å². The van der Waals surface area contributed by atoms with Crippen LogP contribution in [0.25, 0.3) is 0 Å². The molecule has 0 amide bonds. The Morgan fingerprint density at radius 1 is 0.680 bits per heavy atom. The quantitative estimate of drug-likeness (QED) is 0.276. The van der Waals surface area contributed by atoms with E-state index >= 15 is 0 Å². The topological polar surface area (TPSA) is 61.8 Å². The monoisotopic (exact) mass is 358 g/mol. The van der Waals surface area contributed by atoms with Crippen LogP contribution in [0.5, 0.6) is 0 Å². The molecule has 0 aromatic rings. The van der Waals surface area contributed by atoms with Gasteiger partial charge in [0.2, 0.25) is 0 Å². The fourth-order valence-electron chi connectivity index (χ4n) is 2.45. The van der Waals surface area contributed by atoms with Gasteiger partial charge < -0.3 is 14.2 Å². The highest BCUT2D eigenvalue weighted by Crippen LogP contribution is 2.08. The molecule has 148 valence electrons. The number of carbonyl (C=O) groups is 2. The molecular formula is C20H38O5. The van der Waals surface area contributed by atoms with Crippen molar-refractivity contribution in [3.8, 4) is 0 Å². The maximum Gasteiger partial charge on any atom is 0.305 e. The zero-order chi connectivity index (χ0) is 18.8. The Bertz CT molecular complexity index is 300. The molecule has 0 saturated carbocycles. The number of hydrogen-bond donors (Lipinski definition) is 0. The van der Waals surface area contributed by atoms with Gasteiger partial charge in [0.25, 0.3) is 0 Å². The van der Waals surface area contributed by atoms with Gasteiger partial charge in [-0.15, -0.1) is 0 Å². The van der Waals surface area contributed by atoms with Gasteiger partial charge in [0.05, 0.1) is 0 Å². The summed E-state index contributed by atoms with van der Waals surface area (Å²) in [6.45, 7) is 4.60. The van der Waals surface area contributed by atoms with Crippen molar-refractivity contribution in [2.24, 2.45) is 0 Å². The first kappa shape index (κ1) is 23.9. The van der Waals surface area contributed by atoms with Crippen molar-refractivity contribution in [3.63, 3.8) is 0 Å². The lowest BCUT2D eigenvalue weighted by molar-refractivity contribution is -0.153. The second kappa shape index (κ2) is 17.7. The lowest BCUT2D eigenvalue weighted by Crippen LogP contribution is -2.27. The van der Waals surface area contributed by atoms with Crippen molar-refractivity contribution in [1.29, 1.82) is 0 Å². The molecule has 0 fully saturated rings. The third-order valence-corrected chi connectivity index (χ3v) is 4.16. The van der Waals surface area contributed by atoms with E-state index in [1.807, 2.05) is 0 Å². The summed E-state index contributed by atoms with van der Waals surface area (Å²) in [7, 11) is 1.53. The molecule has 0 N–H and O–H groups in total. The highest BCUT2D eigenvalue weighted by molar-refractivity contribution is 5.69. The molecule has 0 saturated heterocycles. The van der Waals surface area contributed by atoms with Crippen LogP contribution in [-0.2, 0) is 23.8 Å². The Morgan fingerprint density at radius 3 is 1.44 bits per heavy atom. The third-order valence-electron chi connectivity index (χ3n) is 4.16. The van der Waals surface area contributed by atoms with Gasteiger partial charge in [0.1, 0.15) is 19.3 Å². The lowest BCUT2D eigenvalue weighted by atomic mass is 10.1. The Morgan fingerprint density at radius 2 is 1.08 bits per heavy atom. The Hall–Kier alpha value is -1.10. The smallest absolute Gasteiger partial charge is 0.305 e. The van der Waals surface area contributed by atoms with Crippen molar-refractivity contribution < 1.29 is 23.8 Å². The van der Waals surface area contributed by atoms with Gasteiger partial charge >= 0.3 is 11.9 Å². The molecule has 0 aliphatic carbocycles. The number of ether oxygens (including phenoxy) is 3. The van der Waals surface area contributed by atoms with Crippen LogP contribution in [-0.4, -0.2) is 38.4 Å². The second-order valence-corrected chi connectivity index (χ2v) is 6.55. The van der Waals surface area contributed by atoms with Crippen LogP contribution in [0.1, 0.15) is 90.9 Å². The molecule has 0 aliphatic rings. The minimum absolute atomic E-state index is 0.133. The highest BCUT2D eigenvalue weighted by atomic mass is 16.6. The van der Waals surface area contributed by atoms with Crippen molar-refractivity contribution in [2.75, 3.05) is 20.3 Å². The van der Waals surface area contributed by atoms with Gasteiger partial charge in [0, 0.05) is 20.0 Å². The van der Waals surface area contributed by atoms with E-state index < -0.39 is 6.10 Å². The summed E-state index contributed by atoms with van der Waals surface area (Å²) in [5, 5.41) is 0. The van der Waals surface area contributed by atoms with Crippen molar-refractivity contribution in [2.45, 2.75) is 97.0 Å². The van der Waals surface area contributed by atoms with Crippen LogP contribution in [0.4, 0.5) is 0 Å². The average molecular weight is 359 g/mol. The number of methoxy groups -OCH3 is 1. The fraction of sp³-hybridized carbons (Fsp3) is 0.900. The molecule has 0 aromatic carbocycles. The summed E-state index contributed by atoms with van der Waals surface area (Å²) in [5.74, 6) is -0.415. The van der Waals surface area contributed by atoms with Gasteiger partial charge in [-0.1, -0.05) is 65.2 Å². The van der Waals surface area contributed by atoms with Gasteiger partial charge in [-0.2, -0.15) is 0 Å². The molecule has 0 atom stereocenters. The van der Waals surface area contributed by atoms with E-state index in [1.54, 1.807) is 0 Å². The molecule has 0 radical (unpaired) electrons. The van der Waals surface area contributed by atoms with E-state index in [0.717, 1.165) is 25.7 Å². The number of hydrogen-bond acceptors (Lipinski definition) is 5.